The van der Waals surface area contributed by atoms with Crippen molar-refractivity contribution in [3.05, 3.63) is 29.8 Å². The molecule has 0 bridgehead atoms. The molecule has 2 atom stereocenters. The topological polar surface area (TPSA) is 41.6 Å². The zero-order valence-electron chi connectivity index (χ0n) is 14.0. The van der Waals surface area contributed by atoms with E-state index in [-0.39, 0.29) is 18.3 Å². The van der Waals surface area contributed by atoms with Gasteiger partial charge in [-0.05, 0) is 35.4 Å². The molecule has 2 saturated heterocycles. The average Bonchev–Trinajstić information content (AvgIpc) is 3.09. The number of carbonyl (C=O) groups is 1. The average molecular weight is 339 g/mol. The highest BCUT2D eigenvalue weighted by atomic mass is 35.5. The van der Waals surface area contributed by atoms with Gasteiger partial charge in [-0.1, -0.05) is 26.0 Å². The summed E-state index contributed by atoms with van der Waals surface area (Å²) in [6, 6.07) is 8.17. The van der Waals surface area contributed by atoms with Gasteiger partial charge in [-0.2, -0.15) is 0 Å². The Hall–Kier alpha value is -1.26. The van der Waals surface area contributed by atoms with Crippen molar-refractivity contribution >= 4 is 18.3 Å². The van der Waals surface area contributed by atoms with E-state index in [9.17, 15) is 4.79 Å². The van der Waals surface area contributed by atoms with E-state index in [2.05, 4.69) is 31.3 Å². The Balaban J connectivity index is 0.00000192. The van der Waals surface area contributed by atoms with Gasteiger partial charge < -0.3 is 15.0 Å². The summed E-state index contributed by atoms with van der Waals surface area (Å²) < 4.78 is 5.71. The Bertz CT molecular complexity index is 506. The van der Waals surface area contributed by atoms with E-state index in [4.69, 9.17) is 4.74 Å². The lowest BCUT2D eigenvalue weighted by atomic mass is 10.0. The first kappa shape index (κ1) is 18.1. The van der Waals surface area contributed by atoms with Crippen LogP contribution in [0.25, 0.3) is 0 Å². The van der Waals surface area contributed by atoms with E-state index in [0.29, 0.717) is 30.8 Å². The fourth-order valence-electron chi connectivity index (χ4n) is 3.42. The number of rotatable bonds is 5. The highest BCUT2D eigenvalue weighted by Gasteiger charge is 2.37. The minimum Gasteiger partial charge on any atom is -0.493 e. The lowest BCUT2D eigenvalue weighted by Gasteiger charge is -2.17. The van der Waals surface area contributed by atoms with Crippen LogP contribution in [-0.2, 0) is 4.79 Å². The van der Waals surface area contributed by atoms with Crippen molar-refractivity contribution in [2.24, 2.45) is 11.8 Å². The Morgan fingerprint density at radius 3 is 2.39 bits per heavy atom. The van der Waals surface area contributed by atoms with Crippen molar-refractivity contribution in [3.63, 3.8) is 0 Å². The molecule has 23 heavy (non-hydrogen) atoms. The van der Waals surface area contributed by atoms with Gasteiger partial charge in [-0.15, -0.1) is 12.4 Å². The van der Waals surface area contributed by atoms with Crippen LogP contribution in [0.3, 0.4) is 0 Å². The maximum atomic E-state index is 12.2. The van der Waals surface area contributed by atoms with Crippen molar-refractivity contribution in [1.29, 1.82) is 0 Å². The Morgan fingerprint density at radius 1 is 1.22 bits per heavy atom. The monoisotopic (exact) mass is 338 g/mol. The van der Waals surface area contributed by atoms with Gasteiger partial charge in [-0.25, -0.2) is 0 Å². The predicted molar refractivity (Wildman–Crippen MR) is 94.3 cm³/mol. The molecular weight excluding hydrogens is 312 g/mol. The molecule has 3 rings (SSSR count). The second-order valence-electron chi connectivity index (χ2n) is 6.80. The molecule has 0 radical (unpaired) electrons. The summed E-state index contributed by atoms with van der Waals surface area (Å²) in [4.78, 5) is 14.3. The number of nitrogens with one attached hydrogen (secondary N) is 1. The van der Waals surface area contributed by atoms with Gasteiger partial charge in [0.2, 0.25) is 5.91 Å². The lowest BCUT2D eigenvalue weighted by Crippen LogP contribution is -2.32. The highest BCUT2D eigenvalue weighted by molar-refractivity contribution is 5.85. The maximum Gasteiger partial charge on any atom is 0.226 e. The van der Waals surface area contributed by atoms with Crippen LogP contribution in [0.1, 0.15) is 31.7 Å². The summed E-state index contributed by atoms with van der Waals surface area (Å²) in [6.07, 6.45) is 0.471. The van der Waals surface area contributed by atoms with Crippen molar-refractivity contribution < 1.29 is 9.53 Å². The molecule has 2 fully saturated rings. The van der Waals surface area contributed by atoms with Crippen LogP contribution < -0.4 is 10.1 Å². The van der Waals surface area contributed by atoms with E-state index in [1.165, 1.54) is 5.56 Å². The molecule has 2 aliphatic rings. The smallest absolute Gasteiger partial charge is 0.226 e. The second kappa shape index (κ2) is 8.02. The normalized spacial score (nSPS) is 22.8. The molecule has 2 aliphatic heterocycles. The van der Waals surface area contributed by atoms with E-state index < -0.39 is 0 Å². The van der Waals surface area contributed by atoms with Crippen LogP contribution in [0.4, 0.5) is 0 Å². The summed E-state index contributed by atoms with van der Waals surface area (Å²) in [7, 11) is 0. The number of carbonyl (C=O) groups excluding carboxylic acids is 1. The molecule has 0 aromatic heterocycles. The summed E-state index contributed by atoms with van der Waals surface area (Å²) in [5.41, 5.74) is 1.31. The molecule has 5 heteroatoms. The minimum atomic E-state index is 0. The number of ether oxygens (including phenoxy) is 1. The van der Waals surface area contributed by atoms with E-state index >= 15 is 0 Å². The number of nitrogens with zero attached hydrogens (tertiary/aromatic N) is 1. The van der Waals surface area contributed by atoms with Crippen molar-refractivity contribution in [3.8, 4) is 5.75 Å². The van der Waals surface area contributed by atoms with Crippen LogP contribution in [0, 0.1) is 11.8 Å². The van der Waals surface area contributed by atoms with Crippen molar-refractivity contribution in [2.75, 3.05) is 32.8 Å². The third-order valence-corrected chi connectivity index (χ3v) is 4.87. The molecule has 1 aromatic carbocycles. The van der Waals surface area contributed by atoms with Gasteiger partial charge in [0.15, 0.2) is 0 Å². The number of hydrogen-bond acceptors (Lipinski definition) is 3. The molecular formula is C18H27ClN2O2. The number of likely N-dealkylation sites (tertiary alicyclic amines) is 1. The molecule has 0 aliphatic carbocycles. The van der Waals surface area contributed by atoms with Gasteiger partial charge in [0.25, 0.3) is 0 Å². The van der Waals surface area contributed by atoms with Crippen LogP contribution in [-0.4, -0.2) is 43.6 Å². The van der Waals surface area contributed by atoms with Gasteiger partial charge in [0, 0.05) is 26.2 Å². The quantitative estimate of drug-likeness (QED) is 0.897. The maximum absolute atomic E-state index is 12.2. The fraction of sp³-hybridized carbons (Fsp3) is 0.611. The minimum absolute atomic E-state index is 0. The second-order valence-corrected chi connectivity index (χ2v) is 6.80. The number of halogens is 1. The Kier molecular flexibility index (Phi) is 6.31. The summed E-state index contributed by atoms with van der Waals surface area (Å²) in [5.74, 6) is 2.93. The molecule has 1 N–H and O–H groups in total. The van der Waals surface area contributed by atoms with Gasteiger partial charge in [-0.3, -0.25) is 4.79 Å². The third-order valence-electron chi connectivity index (χ3n) is 4.87. The predicted octanol–water partition coefficient (Wildman–Crippen LogP) is 2.68. The molecule has 2 heterocycles. The first-order chi connectivity index (χ1) is 10.6. The van der Waals surface area contributed by atoms with Crippen molar-refractivity contribution in [1.82, 2.24) is 10.2 Å². The number of amides is 1. The van der Waals surface area contributed by atoms with Crippen molar-refractivity contribution in [2.45, 2.75) is 26.2 Å². The van der Waals surface area contributed by atoms with E-state index in [0.717, 1.165) is 31.9 Å². The van der Waals surface area contributed by atoms with Crippen LogP contribution >= 0.6 is 12.4 Å². The first-order valence-electron chi connectivity index (χ1n) is 8.34. The van der Waals surface area contributed by atoms with Crippen LogP contribution in [0.15, 0.2) is 24.3 Å². The highest BCUT2D eigenvalue weighted by Crippen LogP contribution is 2.26. The molecule has 0 spiro atoms. The molecule has 4 nitrogen and oxygen atoms in total. The van der Waals surface area contributed by atoms with Gasteiger partial charge in [0.05, 0.1) is 13.0 Å². The molecule has 0 unspecified atom stereocenters. The van der Waals surface area contributed by atoms with Gasteiger partial charge >= 0.3 is 0 Å². The fourth-order valence-corrected chi connectivity index (χ4v) is 3.42. The van der Waals surface area contributed by atoms with Gasteiger partial charge in [0.1, 0.15) is 5.75 Å². The first-order valence-corrected chi connectivity index (χ1v) is 8.34. The summed E-state index contributed by atoms with van der Waals surface area (Å²) in [6.45, 7) is 8.77. The molecule has 128 valence electrons. The summed E-state index contributed by atoms with van der Waals surface area (Å²) in [5, 5.41) is 3.40. The Labute approximate surface area is 145 Å². The SMILES string of the molecule is CC(C)c1ccc(OCCC(=O)N2C[C@H]3CNC[C@H]3C2)cc1.Cl. The van der Waals surface area contributed by atoms with Crippen LogP contribution in [0.5, 0.6) is 5.75 Å². The van der Waals surface area contributed by atoms with Crippen LogP contribution in [0.2, 0.25) is 0 Å². The number of hydrogen-bond donors (Lipinski definition) is 1. The number of fused-ring (bicyclic) bond motifs is 1. The molecule has 0 saturated carbocycles. The van der Waals surface area contributed by atoms with E-state index in [1.807, 2.05) is 17.0 Å². The number of benzene rings is 1. The molecule has 1 aromatic rings. The lowest BCUT2D eigenvalue weighted by molar-refractivity contribution is -0.130. The molecule has 1 amide bonds. The largest absolute Gasteiger partial charge is 0.493 e. The third kappa shape index (κ3) is 4.39. The zero-order valence-corrected chi connectivity index (χ0v) is 14.8. The standard InChI is InChI=1S/C18H26N2O2.ClH/c1-13(2)14-3-5-17(6-4-14)22-8-7-18(21)20-11-15-9-19-10-16(15)12-20;/h3-6,13,15-16,19H,7-12H2,1-2H3;1H/t15-,16+;. The Morgan fingerprint density at radius 2 is 1.83 bits per heavy atom. The summed E-state index contributed by atoms with van der Waals surface area (Å²) >= 11 is 0. The zero-order chi connectivity index (χ0) is 15.5. The van der Waals surface area contributed by atoms with E-state index in [1.54, 1.807) is 0 Å².